The molecule has 0 unspecified atom stereocenters. The third kappa shape index (κ3) is 2.98. The molecule has 0 aliphatic heterocycles. The molecular weight excluding hydrogens is 196 g/mol. The minimum absolute atomic E-state index is 0.347. The molecular formula is C15H26O. The molecule has 0 aromatic heterocycles. The Kier molecular flexibility index (Phi) is 5.27. The van der Waals surface area contributed by atoms with Crippen LogP contribution >= 0.6 is 0 Å². The Labute approximate surface area is 100 Å². The molecule has 92 valence electrons. The van der Waals surface area contributed by atoms with Crippen LogP contribution < -0.4 is 0 Å². The molecule has 0 spiro atoms. The molecule has 0 saturated carbocycles. The zero-order valence-corrected chi connectivity index (χ0v) is 11.3. The summed E-state index contributed by atoms with van der Waals surface area (Å²) in [5.74, 6) is 0.703. The van der Waals surface area contributed by atoms with Gasteiger partial charge in [-0.2, -0.15) is 0 Å². The Balaban J connectivity index is 2.39. The summed E-state index contributed by atoms with van der Waals surface area (Å²) in [7, 11) is 0. The van der Waals surface area contributed by atoms with Crippen molar-refractivity contribution in [2.45, 2.75) is 59.8 Å². The number of hydrogen-bond donors (Lipinski definition) is 1. The minimum Gasteiger partial charge on any atom is -0.396 e. The largest absolute Gasteiger partial charge is 0.396 e. The molecule has 0 atom stereocenters. The highest BCUT2D eigenvalue weighted by Crippen LogP contribution is 2.39. The van der Waals surface area contributed by atoms with Crippen LogP contribution in [0.2, 0.25) is 0 Å². The van der Waals surface area contributed by atoms with Crippen LogP contribution in [0.4, 0.5) is 0 Å². The van der Waals surface area contributed by atoms with Crippen molar-refractivity contribution in [2.24, 2.45) is 5.92 Å². The standard InChI is InChI=1S/C15H26O/c1-11-12(2)14(4)15(13(11)3)9-7-5-6-8-10-16/h15-16H,5-10H2,1-4H3. The van der Waals surface area contributed by atoms with Gasteiger partial charge in [0.05, 0.1) is 0 Å². The summed E-state index contributed by atoms with van der Waals surface area (Å²) >= 11 is 0. The molecule has 0 heterocycles. The van der Waals surface area contributed by atoms with E-state index in [0.717, 1.165) is 6.42 Å². The zero-order chi connectivity index (χ0) is 12.1. The summed E-state index contributed by atoms with van der Waals surface area (Å²) < 4.78 is 0. The van der Waals surface area contributed by atoms with E-state index in [1.165, 1.54) is 36.8 Å². The van der Waals surface area contributed by atoms with E-state index in [-0.39, 0.29) is 0 Å². The van der Waals surface area contributed by atoms with Crippen LogP contribution in [0.1, 0.15) is 59.8 Å². The van der Waals surface area contributed by atoms with Gasteiger partial charge in [-0.05, 0) is 51.7 Å². The zero-order valence-electron chi connectivity index (χ0n) is 11.3. The smallest absolute Gasteiger partial charge is 0.0431 e. The van der Waals surface area contributed by atoms with Crippen molar-refractivity contribution in [2.75, 3.05) is 6.61 Å². The van der Waals surface area contributed by atoms with Gasteiger partial charge in [-0.15, -0.1) is 0 Å². The summed E-state index contributed by atoms with van der Waals surface area (Å²) in [6.07, 6.45) is 5.98. The molecule has 1 aliphatic carbocycles. The first-order valence-corrected chi connectivity index (χ1v) is 6.55. The molecule has 0 amide bonds. The van der Waals surface area contributed by atoms with Crippen molar-refractivity contribution < 1.29 is 5.11 Å². The predicted molar refractivity (Wildman–Crippen MR) is 70.4 cm³/mol. The van der Waals surface area contributed by atoms with Gasteiger partial charge in [0, 0.05) is 12.5 Å². The first-order valence-electron chi connectivity index (χ1n) is 6.55. The van der Waals surface area contributed by atoms with Gasteiger partial charge in [0.1, 0.15) is 0 Å². The highest BCUT2D eigenvalue weighted by atomic mass is 16.2. The maximum atomic E-state index is 8.72. The van der Waals surface area contributed by atoms with Crippen molar-refractivity contribution in [3.8, 4) is 0 Å². The second-order valence-corrected chi connectivity index (χ2v) is 5.10. The SMILES string of the molecule is CC1=C(C)C(CCCCCCO)C(C)=C1C. The molecule has 16 heavy (non-hydrogen) atoms. The molecule has 0 aromatic carbocycles. The van der Waals surface area contributed by atoms with E-state index in [9.17, 15) is 0 Å². The fraction of sp³-hybridized carbons (Fsp3) is 0.733. The molecule has 1 nitrogen and oxygen atoms in total. The maximum Gasteiger partial charge on any atom is 0.0431 e. The van der Waals surface area contributed by atoms with Gasteiger partial charge in [0.2, 0.25) is 0 Å². The van der Waals surface area contributed by atoms with Crippen molar-refractivity contribution in [1.29, 1.82) is 0 Å². The maximum absolute atomic E-state index is 8.72. The minimum atomic E-state index is 0.347. The Bertz CT molecular complexity index is 273. The summed E-state index contributed by atoms with van der Waals surface area (Å²) in [4.78, 5) is 0. The van der Waals surface area contributed by atoms with Crippen LogP contribution in [0.25, 0.3) is 0 Å². The van der Waals surface area contributed by atoms with Crippen molar-refractivity contribution in [1.82, 2.24) is 0 Å². The highest BCUT2D eigenvalue weighted by Gasteiger charge is 2.23. The molecule has 1 N–H and O–H groups in total. The second-order valence-electron chi connectivity index (χ2n) is 5.10. The topological polar surface area (TPSA) is 20.2 Å². The average Bonchev–Trinajstić information content (AvgIpc) is 2.46. The van der Waals surface area contributed by atoms with Crippen LogP contribution in [0.15, 0.2) is 22.3 Å². The summed E-state index contributed by atoms with van der Waals surface area (Å²) in [6.45, 7) is 9.42. The van der Waals surface area contributed by atoms with Gasteiger partial charge >= 0.3 is 0 Å². The lowest BCUT2D eigenvalue weighted by atomic mass is 9.91. The molecule has 1 aliphatic rings. The van der Waals surface area contributed by atoms with Crippen LogP contribution in [0.5, 0.6) is 0 Å². The van der Waals surface area contributed by atoms with Crippen LogP contribution in [-0.4, -0.2) is 11.7 Å². The predicted octanol–water partition coefficient (Wildman–Crippen LogP) is 4.23. The second kappa shape index (κ2) is 6.24. The van der Waals surface area contributed by atoms with Gasteiger partial charge in [0.25, 0.3) is 0 Å². The van der Waals surface area contributed by atoms with E-state index in [2.05, 4.69) is 27.7 Å². The van der Waals surface area contributed by atoms with E-state index in [4.69, 9.17) is 5.11 Å². The molecule has 1 heteroatoms. The first-order chi connectivity index (χ1) is 7.59. The first kappa shape index (κ1) is 13.5. The average molecular weight is 222 g/mol. The van der Waals surface area contributed by atoms with Crippen molar-refractivity contribution >= 4 is 0 Å². The summed E-state index contributed by atoms with van der Waals surface area (Å²) in [5, 5.41) is 8.72. The van der Waals surface area contributed by atoms with E-state index in [1.807, 2.05) is 0 Å². The van der Waals surface area contributed by atoms with E-state index >= 15 is 0 Å². The van der Waals surface area contributed by atoms with Crippen molar-refractivity contribution in [3.05, 3.63) is 22.3 Å². The lowest BCUT2D eigenvalue weighted by Gasteiger charge is -2.14. The monoisotopic (exact) mass is 222 g/mol. The Hall–Kier alpha value is -0.560. The molecule has 0 bridgehead atoms. The lowest BCUT2D eigenvalue weighted by Crippen LogP contribution is -2.01. The van der Waals surface area contributed by atoms with Gasteiger partial charge in [0.15, 0.2) is 0 Å². The van der Waals surface area contributed by atoms with Gasteiger partial charge in [-0.1, -0.05) is 30.4 Å². The number of aliphatic hydroxyl groups is 1. The third-order valence-electron chi connectivity index (χ3n) is 4.19. The van der Waals surface area contributed by atoms with E-state index in [0.29, 0.717) is 12.5 Å². The summed E-state index contributed by atoms with van der Waals surface area (Å²) in [5.41, 5.74) is 6.19. The van der Waals surface area contributed by atoms with Crippen LogP contribution in [0.3, 0.4) is 0 Å². The highest BCUT2D eigenvalue weighted by molar-refractivity contribution is 5.46. The van der Waals surface area contributed by atoms with Crippen molar-refractivity contribution in [3.63, 3.8) is 0 Å². The molecule has 1 rings (SSSR count). The van der Waals surface area contributed by atoms with Gasteiger partial charge < -0.3 is 5.11 Å². The third-order valence-corrected chi connectivity index (χ3v) is 4.19. The fourth-order valence-electron chi connectivity index (χ4n) is 2.69. The van der Waals surface area contributed by atoms with Crippen LogP contribution in [0, 0.1) is 5.92 Å². The molecule has 0 aromatic rings. The molecule has 0 radical (unpaired) electrons. The fourth-order valence-corrected chi connectivity index (χ4v) is 2.69. The molecule has 0 fully saturated rings. The number of hydrogen-bond acceptors (Lipinski definition) is 1. The Morgan fingerprint density at radius 2 is 1.31 bits per heavy atom. The lowest BCUT2D eigenvalue weighted by molar-refractivity contribution is 0.282. The summed E-state index contributed by atoms with van der Waals surface area (Å²) in [6, 6.07) is 0. The number of aliphatic hydroxyl groups excluding tert-OH is 1. The van der Waals surface area contributed by atoms with E-state index in [1.54, 1.807) is 11.1 Å². The Morgan fingerprint density at radius 3 is 1.81 bits per heavy atom. The van der Waals surface area contributed by atoms with Gasteiger partial charge in [-0.3, -0.25) is 0 Å². The van der Waals surface area contributed by atoms with Crippen LogP contribution in [-0.2, 0) is 0 Å². The number of allylic oxidation sites excluding steroid dienone is 4. The number of unbranched alkanes of at least 4 members (excludes halogenated alkanes) is 3. The van der Waals surface area contributed by atoms with E-state index < -0.39 is 0 Å². The van der Waals surface area contributed by atoms with Gasteiger partial charge in [-0.25, -0.2) is 0 Å². The Morgan fingerprint density at radius 1 is 0.812 bits per heavy atom. The quantitative estimate of drug-likeness (QED) is 0.667. The normalized spacial score (nSPS) is 17.8. The number of rotatable bonds is 6. The molecule has 0 saturated heterocycles.